The van der Waals surface area contributed by atoms with E-state index < -0.39 is 0 Å². The summed E-state index contributed by atoms with van der Waals surface area (Å²) in [7, 11) is 0. The number of nitriles is 1. The molecule has 1 atom stereocenters. The molecule has 4 nitrogen and oxygen atoms in total. The Morgan fingerprint density at radius 3 is 2.61 bits per heavy atom. The molecule has 5 heteroatoms. The molecule has 0 fully saturated rings. The summed E-state index contributed by atoms with van der Waals surface area (Å²) >= 11 is 6.06. The fraction of sp³-hybridized carbons (Fsp3) is 0.111. The molecule has 0 amide bonds. The maximum Gasteiger partial charge on any atom is 0.101 e. The summed E-state index contributed by atoms with van der Waals surface area (Å²) in [5, 5.41) is 17.0. The van der Waals surface area contributed by atoms with Crippen LogP contribution in [-0.4, -0.2) is 9.78 Å². The van der Waals surface area contributed by atoms with Crippen LogP contribution in [0.2, 0.25) is 5.02 Å². The van der Waals surface area contributed by atoms with Crippen LogP contribution in [0, 0.1) is 11.3 Å². The number of nitrogens with zero attached hydrogens (tertiary/aromatic N) is 3. The second-order valence-corrected chi connectivity index (χ2v) is 5.62. The molecule has 0 bridgehead atoms. The SMILES string of the molecule is CC(Nc1ccc(C#N)c(Cl)c1)c1ccc(-n2cccn2)cc1. The molecule has 0 aliphatic carbocycles. The number of aromatic nitrogens is 2. The molecule has 114 valence electrons. The molecule has 0 radical (unpaired) electrons. The van der Waals surface area contributed by atoms with Crippen molar-refractivity contribution in [1.82, 2.24) is 9.78 Å². The summed E-state index contributed by atoms with van der Waals surface area (Å²) in [6.07, 6.45) is 3.67. The molecular formula is C18H15ClN4. The molecular weight excluding hydrogens is 308 g/mol. The van der Waals surface area contributed by atoms with Crippen molar-refractivity contribution in [2.75, 3.05) is 5.32 Å². The van der Waals surface area contributed by atoms with E-state index in [0.717, 1.165) is 16.9 Å². The third-order valence-electron chi connectivity index (χ3n) is 3.63. The van der Waals surface area contributed by atoms with Crippen molar-refractivity contribution in [3.63, 3.8) is 0 Å². The highest BCUT2D eigenvalue weighted by molar-refractivity contribution is 6.32. The van der Waals surface area contributed by atoms with Gasteiger partial charge >= 0.3 is 0 Å². The van der Waals surface area contributed by atoms with Gasteiger partial charge in [-0.3, -0.25) is 0 Å². The van der Waals surface area contributed by atoms with Crippen LogP contribution in [0.3, 0.4) is 0 Å². The number of anilines is 1. The van der Waals surface area contributed by atoms with Gasteiger partial charge in [0.2, 0.25) is 0 Å². The Kier molecular flexibility index (Phi) is 4.31. The molecule has 1 aromatic heterocycles. The normalized spacial score (nSPS) is 11.7. The number of benzene rings is 2. The quantitative estimate of drug-likeness (QED) is 0.765. The van der Waals surface area contributed by atoms with Gasteiger partial charge in [-0.2, -0.15) is 10.4 Å². The standard InChI is InChI=1S/C18H15ClN4/c1-13(22-16-6-3-15(12-20)18(19)11-16)14-4-7-17(8-5-14)23-10-2-9-21-23/h2-11,13,22H,1H3. The third kappa shape index (κ3) is 3.36. The second-order valence-electron chi connectivity index (χ2n) is 5.21. The molecule has 1 heterocycles. The molecule has 0 aliphatic heterocycles. The van der Waals surface area contributed by atoms with Gasteiger partial charge in [-0.25, -0.2) is 4.68 Å². The Morgan fingerprint density at radius 1 is 1.22 bits per heavy atom. The first-order valence-corrected chi connectivity index (χ1v) is 7.61. The van der Waals surface area contributed by atoms with Gasteiger partial charge in [-0.15, -0.1) is 0 Å². The molecule has 0 aliphatic rings. The average Bonchev–Trinajstić information content (AvgIpc) is 3.09. The largest absolute Gasteiger partial charge is 0.378 e. The molecule has 23 heavy (non-hydrogen) atoms. The Balaban J connectivity index is 1.74. The van der Waals surface area contributed by atoms with E-state index in [1.165, 1.54) is 0 Å². The molecule has 0 saturated heterocycles. The van der Waals surface area contributed by atoms with Crippen LogP contribution in [-0.2, 0) is 0 Å². The minimum absolute atomic E-state index is 0.116. The van der Waals surface area contributed by atoms with Crippen LogP contribution < -0.4 is 5.32 Å². The van der Waals surface area contributed by atoms with Gasteiger partial charge < -0.3 is 5.32 Å². The van der Waals surface area contributed by atoms with E-state index in [9.17, 15) is 0 Å². The van der Waals surface area contributed by atoms with E-state index in [2.05, 4.69) is 35.5 Å². The first-order valence-electron chi connectivity index (χ1n) is 7.23. The van der Waals surface area contributed by atoms with Crippen molar-refractivity contribution in [1.29, 1.82) is 5.26 Å². The van der Waals surface area contributed by atoms with Gasteiger partial charge in [0.05, 0.1) is 16.3 Å². The zero-order valence-corrected chi connectivity index (χ0v) is 13.3. The van der Waals surface area contributed by atoms with Gasteiger partial charge in [0, 0.05) is 24.1 Å². The number of halogens is 1. The smallest absolute Gasteiger partial charge is 0.101 e. The van der Waals surface area contributed by atoms with E-state index >= 15 is 0 Å². The highest BCUT2D eigenvalue weighted by Gasteiger charge is 2.07. The van der Waals surface area contributed by atoms with Crippen LogP contribution in [0.25, 0.3) is 5.69 Å². The van der Waals surface area contributed by atoms with Crippen LogP contribution in [0.15, 0.2) is 60.9 Å². The van der Waals surface area contributed by atoms with E-state index in [0.29, 0.717) is 10.6 Å². The Bertz CT molecular complexity index is 832. The predicted octanol–water partition coefficient (Wildman–Crippen LogP) is 4.57. The first-order chi connectivity index (χ1) is 11.2. The van der Waals surface area contributed by atoms with Crippen LogP contribution in [0.4, 0.5) is 5.69 Å². The highest BCUT2D eigenvalue weighted by atomic mass is 35.5. The maximum absolute atomic E-state index is 8.91. The van der Waals surface area contributed by atoms with Gasteiger partial charge in [0.1, 0.15) is 6.07 Å². The summed E-state index contributed by atoms with van der Waals surface area (Å²) < 4.78 is 1.82. The van der Waals surface area contributed by atoms with Crippen LogP contribution in [0.1, 0.15) is 24.1 Å². The topological polar surface area (TPSA) is 53.6 Å². The number of nitrogens with one attached hydrogen (secondary N) is 1. The van der Waals surface area contributed by atoms with E-state index in [1.807, 2.05) is 35.1 Å². The minimum atomic E-state index is 0.116. The lowest BCUT2D eigenvalue weighted by atomic mass is 10.1. The first kappa shape index (κ1) is 15.1. The molecule has 3 rings (SSSR count). The maximum atomic E-state index is 8.91. The zero-order chi connectivity index (χ0) is 16.2. The molecule has 0 spiro atoms. The van der Waals surface area contributed by atoms with Crippen LogP contribution in [0.5, 0.6) is 0 Å². The number of hydrogen-bond donors (Lipinski definition) is 1. The van der Waals surface area contributed by atoms with Crippen molar-refractivity contribution < 1.29 is 0 Å². The molecule has 3 aromatic rings. The summed E-state index contributed by atoms with van der Waals surface area (Å²) in [6.45, 7) is 2.08. The third-order valence-corrected chi connectivity index (χ3v) is 3.95. The minimum Gasteiger partial charge on any atom is -0.378 e. The van der Waals surface area contributed by atoms with Crippen LogP contribution >= 0.6 is 11.6 Å². The predicted molar refractivity (Wildman–Crippen MR) is 91.8 cm³/mol. The van der Waals surface area contributed by atoms with Crippen molar-refractivity contribution in [2.45, 2.75) is 13.0 Å². The average molecular weight is 323 g/mol. The molecule has 1 N–H and O–H groups in total. The summed E-state index contributed by atoms with van der Waals surface area (Å²) in [6, 6.07) is 17.6. The van der Waals surface area contributed by atoms with Crippen molar-refractivity contribution in [3.8, 4) is 11.8 Å². The molecule has 2 aromatic carbocycles. The lowest BCUT2D eigenvalue weighted by molar-refractivity contribution is 0.863. The lowest BCUT2D eigenvalue weighted by Crippen LogP contribution is -2.07. The van der Waals surface area contributed by atoms with E-state index in [-0.39, 0.29) is 6.04 Å². The Labute approximate surface area is 139 Å². The molecule has 1 unspecified atom stereocenters. The van der Waals surface area contributed by atoms with Gasteiger partial charge in [-0.05, 0) is 48.9 Å². The summed E-state index contributed by atoms with van der Waals surface area (Å²) in [5.41, 5.74) is 3.54. The van der Waals surface area contributed by atoms with Crippen molar-refractivity contribution in [3.05, 3.63) is 77.1 Å². The zero-order valence-electron chi connectivity index (χ0n) is 12.6. The van der Waals surface area contributed by atoms with E-state index in [4.69, 9.17) is 16.9 Å². The van der Waals surface area contributed by atoms with E-state index in [1.54, 1.807) is 18.3 Å². The highest BCUT2D eigenvalue weighted by Crippen LogP contribution is 2.24. The summed E-state index contributed by atoms with van der Waals surface area (Å²) in [4.78, 5) is 0. The lowest BCUT2D eigenvalue weighted by Gasteiger charge is -2.16. The van der Waals surface area contributed by atoms with Gasteiger partial charge in [0.25, 0.3) is 0 Å². The van der Waals surface area contributed by atoms with Gasteiger partial charge in [-0.1, -0.05) is 23.7 Å². The van der Waals surface area contributed by atoms with Crippen molar-refractivity contribution >= 4 is 17.3 Å². The monoisotopic (exact) mass is 322 g/mol. The second kappa shape index (κ2) is 6.55. The number of rotatable bonds is 4. The molecule has 0 saturated carbocycles. The van der Waals surface area contributed by atoms with Gasteiger partial charge in [0.15, 0.2) is 0 Å². The Morgan fingerprint density at radius 2 is 2.00 bits per heavy atom. The van der Waals surface area contributed by atoms with Crippen molar-refractivity contribution in [2.24, 2.45) is 0 Å². The summed E-state index contributed by atoms with van der Waals surface area (Å²) in [5.74, 6) is 0. The Hall–Kier alpha value is -2.77. The number of hydrogen-bond acceptors (Lipinski definition) is 3. The fourth-order valence-corrected chi connectivity index (χ4v) is 2.59. The fourth-order valence-electron chi connectivity index (χ4n) is 2.37.